The van der Waals surface area contributed by atoms with Gasteiger partial charge >= 0.3 is 11.6 Å². The zero-order valence-corrected chi connectivity index (χ0v) is 14.7. The number of benzene rings is 1. The van der Waals surface area contributed by atoms with E-state index in [4.69, 9.17) is 13.9 Å². The Morgan fingerprint density at radius 2 is 2.04 bits per heavy atom. The lowest BCUT2D eigenvalue weighted by Gasteiger charge is -2.13. The molecule has 1 amide bonds. The Morgan fingerprint density at radius 3 is 2.77 bits per heavy atom. The highest BCUT2D eigenvalue weighted by atomic mass is 16.6. The van der Waals surface area contributed by atoms with Crippen LogP contribution in [0.2, 0.25) is 0 Å². The molecule has 1 saturated carbocycles. The van der Waals surface area contributed by atoms with E-state index >= 15 is 0 Å². The van der Waals surface area contributed by atoms with E-state index in [0.717, 1.165) is 23.8 Å². The van der Waals surface area contributed by atoms with Gasteiger partial charge in [0.1, 0.15) is 11.3 Å². The fourth-order valence-corrected chi connectivity index (χ4v) is 2.73. The molecule has 1 heterocycles. The standard InChI is InChI=1S/C19H21NO6/c1-11-7-18(22)26-16-8-14(5-6-15(11)16)24-10-19(23)25-9-17(21)20-12(2)13-3-4-13/h5-8,12-13H,3-4,9-10H2,1-2H3,(H,20,21)/t12-/m0/s1. The van der Waals surface area contributed by atoms with Crippen LogP contribution < -0.4 is 15.7 Å². The number of ether oxygens (including phenoxy) is 2. The number of hydrogen-bond acceptors (Lipinski definition) is 6. The average molecular weight is 359 g/mol. The topological polar surface area (TPSA) is 94.8 Å². The normalized spacial score (nSPS) is 14.7. The van der Waals surface area contributed by atoms with E-state index in [1.807, 2.05) is 13.8 Å². The quantitative estimate of drug-likeness (QED) is 0.600. The van der Waals surface area contributed by atoms with Gasteiger partial charge in [-0.05, 0) is 50.3 Å². The number of carbonyl (C=O) groups is 2. The number of rotatable bonds is 7. The Morgan fingerprint density at radius 1 is 1.27 bits per heavy atom. The molecule has 3 rings (SSSR count). The number of amides is 1. The number of aryl methyl sites for hydroxylation is 1. The van der Waals surface area contributed by atoms with Crippen molar-refractivity contribution >= 4 is 22.8 Å². The maximum absolute atomic E-state index is 11.7. The molecule has 2 aromatic rings. The van der Waals surface area contributed by atoms with Crippen LogP contribution in [-0.2, 0) is 14.3 Å². The van der Waals surface area contributed by atoms with E-state index in [0.29, 0.717) is 17.3 Å². The van der Waals surface area contributed by atoms with E-state index in [1.165, 1.54) is 6.07 Å². The van der Waals surface area contributed by atoms with Gasteiger partial charge in [0.05, 0.1) is 0 Å². The Balaban J connectivity index is 1.48. The monoisotopic (exact) mass is 359 g/mol. The molecule has 0 saturated heterocycles. The lowest BCUT2D eigenvalue weighted by atomic mass is 10.1. The van der Waals surface area contributed by atoms with Gasteiger partial charge in [0.15, 0.2) is 13.2 Å². The predicted molar refractivity (Wildman–Crippen MR) is 94.0 cm³/mol. The zero-order chi connectivity index (χ0) is 18.7. The maximum Gasteiger partial charge on any atom is 0.344 e. The molecule has 0 aliphatic heterocycles. The number of esters is 1. The van der Waals surface area contributed by atoms with Crippen molar-refractivity contribution in [3.63, 3.8) is 0 Å². The molecule has 0 bridgehead atoms. The zero-order valence-electron chi connectivity index (χ0n) is 14.7. The Hall–Kier alpha value is -2.83. The van der Waals surface area contributed by atoms with Crippen molar-refractivity contribution in [2.45, 2.75) is 32.7 Å². The van der Waals surface area contributed by atoms with Gasteiger partial charge in [-0.15, -0.1) is 0 Å². The third-order valence-corrected chi connectivity index (χ3v) is 4.36. The maximum atomic E-state index is 11.7. The van der Waals surface area contributed by atoms with Crippen molar-refractivity contribution in [2.75, 3.05) is 13.2 Å². The molecule has 1 aromatic heterocycles. The summed E-state index contributed by atoms with van der Waals surface area (Å²) in [6.07, 6.45) is 2.25. The highest BCUT2D eigenvalue weighted by Crippen LogP contribution is 2.32. The lowest BCUT2D eigenvalue weighted by Crippen LogP contribution is -2.37. The minimum absolute atomic E-state index is 0.105. The first-order valence-electron chi connectivity index (χ1n) is 8.54. The first kappa shape index (κ1) is 18.0. The van der Waals surface area contributed by atoms with Gasteiger partial charge in [-0.2, -0.15) is 0 Å². The highest BCUT2D eigenvalue weighted by molar-refractivity contribution is 5.82. The van der Waals surface area contributed by atoms with Crippen molar-refractivity contribution in [3.8, 4) is 5.75 Å². The van der Waals surface area contributed by atoms with Gasteiger partial charge in [0.2, 0.25) is 0 Å². The molecule has 1 aliphatic carbocycles. The van der Waals surface area contributed by atoms with Crippen LogP contribution in [-0.4, -0.2) is 31.1 Å². The van der Waals surface area contributed by atoms with Crippen LogP contribution >= 0.6 is 0 Å². The summed E-state index contributed by atoms with van der Waals surface area (Å²) < 4.78 is 15.4. The number of carbonyl (C=O) groups excluding carboxylic acids is 2. The summed E-state index contributed by atoms with van der Waals surface area (Å²) in [5.74, 6) is -0.0599. The summed E-state index contributed by atoms with van der Waals surface area (Å²) in [5, 5.41) is 3.60. The van der Waals surface area contributed by atoms with Crippen molar-refractivity contribution in [1.29, 1.82) is 0 Å². The summed E-state index contributed by atoms with van der Waals surface area (Å²) in [5.41, 5.74) is 0.737. The van der Waals surface area contributed by atoms with Crippen molar-refractivity contribution in [3.05, 3.63) is 40.2 Å². The molecule has 1 aliphatic rings. The molecule has 0 radical (unpaired) electrons. The molecule has 7 nitrogen and oxygen atoms in total. The summed E-state index contributed by atoms with van der Waals surface area (Å²) in [4.78, 5) is 34.9. The minimum atomic E-state index is -0.648. The predicted octanol–water partition coefficient (Wildman–Crippen LogP) is 1.94. The Bertz CT molecular complexity index is 883. The summed E-state index contributed by atoms with van der Waals surface area (Å²) >= 11 is 0. The second kappa shape index (κ2) is 7.59. The van der Waals surface area contributed by atoms with Crippen LogP contribution in [0, 0.1) is 12.8 Å². The van der Waals surface area contributed by atoms with Gasteiger partial charge in [-0.25, -0.2) is 9.59 Å². The number of hydrogen-bond donors (Lipinski definition) is 1. The molecular weight excluding hydrogens is 338 g/mol. The molecule has 26 heavy (non-hydrogen) atoms. The molecule has 0 unspecified atom stereocenters. The van der Waals surface area contributed by atoms with Gasteiger partial charge in [-0.3, -0.25) is 4.79 Å². The molecule has 1 fully saturated rings. The number of fused-ring (bicyclic) bond motifs is 1. The van der Waals surface area contributed by atoms with Gasteiger partial charge in [-0.1, -0.05) is 0 Å². The van der Waals surface area contributed by atoms with E-state index in [9.17, 15) is 14.4 Å². The van der Waals surface area contributed by atoms with Crippen LogP contribution in [0.4, 0.5) is 0 Å². The van der Waals surface area contributed by atoms with Crippen molar-refractivity contribution < 1.29 is 23.5 Å². The van der Waals surface area contributed by atoms with E-state index < -0.39 is 11.6 Å². The van der Waals surface area contributed by atoms with Crippen LogP contribution in [0.25, 0.3) is 11.0 Å². The summed E-state index contributed by atoms with van der Waals surface area (Å²) in [7, 11) is 0. The molecular formula is C19H21NO6. The Kier molecular flexibility index (Phi) is 5.25. The molecule has 1 N–H and O–H groups in total. The second-order valence-corrected chi connectivity index (χ2v) is 6.55. The molecule has 138 valence electrons. The number of nitrogens with one attached hydrogen (secondary N) is 1. The van der Waals surface area contributed by atoms with Crippen LogP contribution in [0.15, 0.2) is 33.5 Å². The van der Waals surface area contributed by atoms with E-state index in [-0.39, 0.29) is 25.2 Å². The minimum Gasteiger partial charge on any atom is -0.482 e. The van der Waals surface area contributed by atoms with Crippen molar-refractivity contribution in [1.82, 2.24) is 5.32 Å². The van der Waals surface area contributed by atoms with E-state index in [2.05, 4.69) is 5.32 Å². The smallest absolute Gasteiger partial charge is 0.344 e. The largest absolute Gasteiger partial charge is 0.482 e. The van der Waals surface area contributed by atoms with Gasteiger partial charge < -0.3 is 19.2 Å². The fraction of sp³-hybridized carbons (Fsp3) is 0.421. The van der Waals surface area contributed by atoms with Crippen molar-refractivity contribution in [2.24, 2.45) is 5.92 Å². The fourth-order valence-electron chi connectivity index (χ4n) is 2.73. The second-order valence-electron chi connectivity index (χ2n) is 6.55. The summed E-state index contributed by atoms with van der Waals surface area (Å²) in [6.45, 7) is 3.09. The highest BCUT2D eigenvalue weighted by Gasteiger charge is 2.28. The third kappa shape index (κ3) is 4.62. The third-order valence-electron chi connectivity index (χ3n) is 4.36. The van der Waals surface area contributed by atoms with Crippen LogP contribution in [0.1, 0.15) is 25.3 Å². The Labute approximate surface area is 150 Å². The lowest BCUT2D eigenvalue weighted by molar-refractivity contribution is -0.150. The molecule has 0 spiro atoms. The summed E-state index contributed by atoms with van der Waals surface area (Å²) in [6, 6.07) is 6.48. The van der Waals surface area contributed by atoms with Crippen LogP contribution in [0.5, 0.6) is 5.75 Å². The first-order valence-corrected chi connectivity index (χ1v) is 8.54. The molecule has 7 heteroatoms. The first-order chi connectivity index (χ1) is 12.4. The molecule has 1 atom stereocenters. The van der Waals surface area contributed by atoms with Crippen LogP contribution in [0.3, 0.4) is 0 Å². The van der Waals surface area contributed by atoms with E-state index in [1.54, 1.807) is 18.2 Å². The van der Waals surface area contributed by atoms with Gasteiger partial charge in [0, 0.05) is 23.6 Å². The van der Waals surface area contributed by atoms with Gasteiger partial charge in [0.25, 0.3) is 5.91 Å². The average Bonchev–Trinajstić information content (AvgIpc) is 3.42. The molecule has 1 aromatic carbocycles. The SMILES string of the molecule is Cc1cc(=O)oc2cc(OCC(=O)OCC(=O)N[C@@H](C)C3CC3)ccc12.